The maximum Gasteiger partial charge on any atom is 0.255 e. The van der Waals surface area contributed by atoms with E-state index in [1.54, 1.807) is 24.3 Å². The summed E-state index contributed by atoms with van der Waals surface area (Å²) >= 11 is 0. The van der Waals surface area contributed by atoms with Crippen molar-refractivity contribution in [2.75, 3.05) is 24.9 Å². The molecule has 2 amide bonds. The van der Waals surface area contributed by atoms with Gasteiger partial charge in [0.05, 0.1) is 25.6 Å². The second kappa shape index (κ2) is 7.50. The molecule has 2 aromatic carbocycles. The molecule has 0 spiro atoms. The number of hydrogen-bond acceptors (Lipinski definition) is 4. The third kappa shape index (κ3) is 4.04. The largest absolute Gasteiger partial charge is 0.494 e. The van der Waals surface area contributed by atoms with Crippen LogP contribution >= 0.6 is 0 Å². The van der Waals surface area contributed by atoms with E-state index in [4.69, 9.17) is 9.47 Å². The number of anilines is 2. The molecule has 2 N–H and O–H groups in total. The Labute approximate surface area is 140 Å². The van der Waals surface area contributed by atoms with Gasteiger partial charge in [0, 0.05) is 18.6 Å². The van der Waals surface area contributed by atoms with Gasteiger partial charge in [-0.05, 0) is 25.1 Å². The van der Waals surface area contributed by atoms with Crippen LogP contribution in [0, 0.1) is 6.92 Å². The van der Waals surface area contributed by atoms with Crippen LogP contribution in [-0.2, 0) is 4.79 Å². The SMILES string of the molecule is COc1cc(OC)c(NC(=O)c2cccc(C)c2)cc1NC(C)=O. The van der Waals surface area contributed by atoms with E-state index in [2.05, 4.69) is 10.6 Å². The number of benzene rings is 2. The molecule has 0 aliphatic carbocycles. The number of carbonyl (C=O) groups excluding carboxylic acids is 2. The number of amides is 2. The Kier molecular flexibility index (Phi) is 5.42. The van der Waals surface area contributed by atoms with Gasteiger partial charge in [0.25, 0.3) is 5.91 Å². The zero-order chi connectivity index (χ0) is 17.7. The highest BCUT2D eigenvalue weighted by atomic mass is 16.5. The second-order valence-electron chi connectivity index (χ2n) is 5.26. The third-order valence-corrected chi connectivity index (χ3v) is 3.36. The molecule has 0 aromatic heterocycles. The van der Waals surface area contributed by atoms with Crippen molar-refractivity contribution in [2.45, 2.75) is 13.8 Å². The molecule has 0 fully saturated rings. The molecule has 0 heterocycles. The lowest BCUT2D eigenvalue weighted by Gasteiger charge is -2.16. The summed E-state index contributed by atoms with van der Waals surface area (Å²) in [5.41, 5.74) is 2.41. The summed E-state index contributed by atoms with van der Waals surface area (Å²) in [7, 11) is 2.99. The summed E-state index contributed by atoms with van der Waals surface area (Å²) in [5, 5.41) is 5.47. The molecule has 6 nitrogen and oxygen atoms in total. The highest BCUT2D eigenvalue weighted by molar-refractivity contribution is 6.06. The van der Waals surface area contributed by atoms with Gasteiger partial charge in [-0.3, -0.25) is 9.59 Å². The Bertz CT molecular complexity index is 772. The number of aryl methyl sites for hydroxylation is 1. The van der Waals surface area contributed by atoms with E-state index < -0.39 is 0 Å². The number of carbonyl (C=O) groups is 2. The van der Waals surface area contributed by atoms with Crippen molar-refractivity contribution in [2.24, 2.45) is 0 Å². The van der Waals surface area contributed by atoms with Crippen molar-refractivity contribution < 1.29 is 19.1 Å². The second-order valence-corrected chi connectivity index (χ2v) is 5.26. The number of rotatable bonds is 5. The quantitative estimate of drug-likeness (QED) is 0.883. The van der Waals surface area contributed by atoms with E-state index in [0.717, 1.165) is 5.56 Å². The Morgan fingerprint density at radius 3 is 2.08 bits per heavy atom. The molecule has 0 saturated heterocycles. The average Bonchev–Trinajstić information content (AvgIpc) is 2.54. The van der Waals surface area contributed by atoms with Crippen molar-refractivity contribution in [3.63, 3.8) is 0 Å². The molecule has 0 bridgehead atoms. The van der Waals surface area contributed by atoms with Crippen LogP contribution in [0.2, 0.25) is 0 Å². The normalized spacial score (nSPS) is 10.0. The van der Waals surface area contributed by atoms with E-state index in [9.17, 15) is 9.59 Å². The summed E-state index contributed by atoms with van der Waals surface area (Å²) in [4.78, 5) is 23.8. The van der Waals surface area contributed by atoms with Crippen LogP contribution in [0.3, 0.4) is 0 Å². The fraction of sp³-hybridized carbons (Fsp3) is 0.222. The van der Waals surface area contributed by atoms with Crippen molar-refractivity contribution in [3.8, 4) is 11.5 Å². The first kappa shape index (κ1) is 17.3. The highest BCUT2D eigenvalue weighted by Gasteiger charge is 2.15. The molecular formula is C18H20N2O4. The predicted octanol–water partition coefficient (Wildman–Crippen LogP) is 3.22. The van der Waals surface area contributed by atoms with Crippen LogP contribution < -0.4 is 20.1 Å². The third-order valence-electron chi connectivity index (χ3n) is 3.36. The van der Waals surface area contributed by atoms with E-state index in [1.165, 1.54) is 21.1 Å². The van der Waals surface area contributed by atoms with Crippen LogP contribution in [0.25, 0.3) is 0 Å². The summed E-state index contributed by atoms with van der Waals surface area (Å²) in [6.45, 7) is 3.31. The highest BCUT2D eigenvalue weighted by Crippen LogP contribution is 2.36. The fourth-order valence-corrected chi connectivity index (χ4v) is 2.26. The lowest BCUT2D eigenvalue weighted by molar-refractivity contribution is -0.114. The monoisotopic (exact) mass is 328 g/mol. The minimum absolute atomic E-state index is 0.241. The smallest absolute Gasteiger partial charge is 0.255 e. The number of hydrogen-bond donors (Lipinski definition) is 2. The first-order valence-electron chi connectivity index (χ1n) is 7.36. The lowest BCUT2D eigenvalue weighted by atomic mass is 10.1. The number of methoxy groups -OCH3 is 2. The van der Waals surface area contributed by atoms with E-state index in [0.29, 0.717) is 28.4 Å². The van der Waals surface area contributed by atoms with Crippen molar-refractivity contribution in [3.05, 3.63) is 47.5 Å². The van der Waals surface area contributed by atoms with E-state index >= 15 is 0 Å². The molecule has 126 valence electrons. The van der Waals surface area contributed by atoms with Crippen molar-refractivity contribution in [1.29, 1.82) is 0 Å². The summed E-state index contributed by atoms with van der Waals surface area (Å²) in [6, 6.07) is 10.5. The van der Waals surface area contributed by atoms with Gasteiger partial charge in [0.15, 0.2) is 0 Å². The van der Waals surface area contributed by atoms with Gasteiger partial charge in [-0.1, -0.05) is 17.7 Å². The van der Waals surface area contributed by atoms with Gasteiger partial charge in [0.1, 0.15) is 11.5 Å². The molecule has 6 heteroatoms. The summed E-state index contributed by atoms with van der Waals surface area (Å²) in [5.74, 6) is 0.364. The molecule has 0 saturated carbocycles. The molecule has 0 aliphatic rings. The standard InChI is InChI=1S/C18H20N2O4/c1-11-6-5-7-13(8-11)18(22)20-15-9-14(19-12(2)21)16(23-3)10-17(15)24-4/h5-10H,1-4H3,(H,19,21)(H,20,22). The first-order chi connectivity index (χ1) is 11.4. The number of ether oxygens (including phenoxy) is 2. The van der Waals surface area contributed by atoms with Crippen LogP contribution in [0.5, 0.6) is 11.5 Å². The molecular weight excluding hydrogens is 308 g/mol. The Morgan fingerprint density at radius 1 is 0.917 bits per heavy atom. The molecule has 0 atom stereocenters. The minimum atomic E-state index is -0.268. The maximum absolute atomic E-state index is 12.4. The molecule has 0 aliphatic heterocycles. The molecule has 0 radical (unpaired) electrons. The zero-order valence-corrected chi connectivity index (χ0v) is 14.1. The van der Waals surface area contributed by atoms with Gasteiger partial charge in [-0.15, -0.1) is 0 Å². The average molecular weight is 328 g/mol. The number of nitrogens with one attached hydrogen (secondary N) is 2. The van der Waals surface area contributed by atoms with Gasteiger partial charge < -0.3 is 20.1 Å². The Morgan fingerprint density at radius 2 is 1.54 bits per heavy atom. The summed E-state index contributed by atoms with van der Waals surface area (Å²) in [6.07, 6.45) is 0. The van der Waals surface area contributed by atoms with Gasteiger partial charge >= 0.3 is 0 Å². The predicted molar refractivity (Wildman–Crippen MR) is 93.0 cm³/mol. The van der Waals surface area contributed by atoms with E-state index in [1.807, 2.05) is 19.1 Å². The van der Waals surface area contributed by atoms with E-state index in [-0.39, 0.29) is 11.8 Å². The zero-order valence-electron chi connectivity index (χ0n) is 14.1. The topological polar surface area (TPSA) is 76.7 Å². The molecule has 2 aromatic rings. The van der Waals surface area contributed by atoms with Gasteiger partial charge in [-0.2, -0.15) is 0 Å². The minimum Gasteiger partial charge on any atom is -0.494 e. The Balaban J connectivity index is 2.37. The van der Waals surface area contributed by atoms with Crippen LogP contribution in [-0.4, -0.2) is 26.0 Å². The van der Waals surface area contributed by atoms with Crippen LogP contribution in [0.1, 0.15) is 22.8 Å². The lowest BCUT2D eigenvalue weighted by Crippen LogP contribution is -2.14. The fourth-order valence-electron chi connectivity index (χ4n) is 2.26. The molecule has 0 unspecified atom stereocenters. The van der Waals surface area contributed by atoms with Crippen LogP contribution in [0.15, 0.2) is 36.4 Å². The van der Waals surface area contributed by atoms with Crippen molar-refractivity contribution >= 4 is 23.2 Å². The molecule has 24 heavy (non-hydrogen) atoms. The molecule has 2 rings (SSSR count). The summed E-state index contributed by atoms with van der Waals surface area (Å²) < 4.78 is 10.5. The van der Waals surface area contributed by atoms with Gasteiger partial charge in [-0.25, -0.2) is 0 Å². The van der Waals surface area contributed by atoms with Gasteiger partial charge in [0.2, 0.25) is 5.91 Å². The first-order valence-corrected chi connectivity index (χ1v) is 7.36. The Hall–Kier alpha value is -3.02. The maximum atomic E-state index is 12.4. The van der Waals surface area contributed by atoms with Crippen LogP contribution in [0.4, 0.5) is 11.4 Å². The van der Waals surface area contributed by atoms with Crippen molar-refractivity contribution in [1.82, 2.24) is 0 Å².